The minimum atomic E-state index is -3.96. The highest BCUT2D eigenvalue weighted by Gasteiger charge is 2.22. The Morgan fingerprint density at radius 1 is 1.00 bits per heavy atom. The van der Waals surface area contributed by atoms with Crippen LogP contribution in [0.15, 0.2) is 0 Å². The van der Waals surface area contributed by atoms with Gasteiger partial charge in [-0.15, -0.1) is 0 Å². The van der Waals surface area contributed by atoms with E-state index in [0.717, 1.165) is 32.6 Å². The summed E-state index contributed by atoms with van der Waals surface area (Å²) < 4.78 is 32.4. The molecule has 0 aliphatic rings. The van der Waals surface area contributed by atoms with Gasteiger partial charge in [0.25, 0.3) is 0 Å². The van der Waals surface area contributed by atoms with Gasteiger partial charge in [-0.05, 0) is 12.8 Å². The van der Waals surface area contributed by atoms with E-state index in [1.807, 2.05) is 13.8 Å². The molecule has 0 rings (SSSR count). The SMILES string of the molecule is CCC(F)(F)F.CCCC(=O)CCC. The summed E-state index contributed by atoms with van der Waals surface area (Å²) in [5.74, 6) is 0.412. The van der Waals surface area contributed by atoms with E-state index in [2.05, 4.69) is 0 Å². The maximum absolute atomic E-state index is 10.8. The van der Waals surface area contributed by atoms with E-state index < -0.39 is 12.6 Å². The van der Waals surface area contributed by atoms with E-state index in [4.69, 9.17) is 0 Å². The second-order valence-corrected chi connectivity index (χ2v) is 3.01. The summed E-state index contributed by atoms with van der Waals surface area (Å²) in [5, 5.41) is 0. The zero-order valence-corrected chi connectivity index (χ0v) is 9.08. The molecule has 1 nitrogen and oxygen atoms in total. The van der Waals surface area contributed by atoms with Crippen LogP contribution < -0.4 is 0 Å². The lowest BCUT2D eigenvalue weighted by Crippen LogP contribution is -2.02. The summed E-state index contributed by atoms with van der Waals surface area (Å²) in [6.45, 7) is 5.15. The van der Waals surface area contributed by atoms with Crippen molar-refractivity contribution in [1.29, 1.82) is 0 Å². The van der Waals surface area contributed by atoms with E-state index in [-0.39, 0.29) is 0 Å². The average Bonchev–Trinajstić information content (AvgIpc) is 2.05. The zero-order chi connectivity index (χ0) is 11.6. The van der Waals surface area contributed by atoms with E-state index >= 15 is 0 Å². The normalized spacial score (nSPS) is 10.4. The minimum Gasteiger partial charge on any atom is -0.300 e. The Hall–Kier alpha value is -0.540. The van der Waals surface area contributed by atoms with Gasteiger partial charge in [0.1, 0.15) is 5.78 Å². The number of carbonyl (C=O) groups excluding carboxylic acids is 1. The van der Waals surface area contributed by atoms with Crippen molar-refractivity contribution in [2.75, 3.05) is 0 Å². The maximum Gasteiger partial charge on any atom is 0.388 e. The van der Waals surface area contributed by atoms with E-state index in [0.29, 0.717) is 5.78 Å². The average molecular weight is 212 g/mol. The molecule has 0 aromatic heterocycles. The van der Waals surface area contributed by atoms with Crippen molar-refractivity contribution in [3.8, 4) is 0 Å². The van der Waals surface area contributed by atoms with Gasteiger partial charge < -0.3 is 0 Å². The summed E-state index contributed by atoms with van der Waals surface area (Å²) in [5.41, 5.74) is 0. The first-order valence-corrected chi connectivity index (χ1v) is 4.95. The van der Waals surface area contributed by atoms with Gasteiger partial charge in [0, 0.05) is 19.3 Å². The monoisotopic (exact) mass is 212 g/mol. The number of hydrogen-bond donors (Lipinski definition) is 0. The van der Waals surface area contributed by atoms with Gasteiger partial charge in [-0.3, -0.25) is 4.79 Å². The van der Waals surface area contributed by atoms with Crippen molar-refractivity contribution in [3.05, 3.63) is 0 Å². The molecule has 0 aliphatic heterocycles. The van der Waals surface area contributed by atoms with Gasteiger partial charge in [0.05, 0.1) is 0 Å². The number of carbonyl (C=O) groups is 1. The molecule has 0 bridgehead atoms. The first-order valence-electron chi connectivity index (χ1n) is 4.95. The van der Waals surface area contributed by atoms with Gasteiger partial charge in [0.15, 0.2) is 0 Å². The van der Waals surface area contributed by atoms with Crippen LogP contribution in [0.2, 0.25) is 0 Å². The van der Waals surface area contributed by atoms with Crippen LogP contribution in [-0.4, -0.2) is 12.0 Å². The lowest BCUT2D eigenvalue weighted by Gasteiger charge is -1.96. The quantitative estimate of drug-likeness (QED) is 0.685. The van der Waals surface area contributed by atoms with Crippen molar-refractivity contribution in [2.24, 2.45) is 0 Å². The lowest BCUT2D eigenvalue weighted by atomic mass is 10.1. The Morgan fingerprint density at radius 2 is 1.29 bits per heavy atom. The standard InChI is InChI=1S/C7H14O.C3H5F3/c1-3-5-7(8)6-4-2;1-2-3(4,5)6/h3-6H2,1-2H3;2H2,1H3. The van der Waals surface area contributed by atoms with E-state index in [9.17, 15) is 18.0 Å². The molecule has 0 fully saturated rings. The van der Waals surface area contributed by atoms with Gasteiger partial charge in [-0.25, -0.2) is 0 Å². The predicted molar refractivity (Wildman–Crippen MR) is 51.2 cm³/mol. The van der Waals surface area contributed by atoms with Crippen molar-refractivity contribution < 1.29 is 18.0 Å². The van der Waals surface area contributed by atoms with Gasteiger partial charge in [0.2, 0.25) is 0 Å². The van der Waals surface area contributed by atoms with Gasteiger partial charge in [-0.2, -0.15) is 13.2 Å². The van der Waals surface area contributed by atoms with Gasteiger partial charge in [-0.1, -0.05) is 20.8 Å². The number of halogens is 3. The Labute approximate surface area is 83.7 Å². The lowest BCUT2D eigenvalue weighted by molar-refractivity contribution is -0.130. The van der Waals surface area contributed by atoms with Crippen molar-refractivity contribution in [2.45, 2.75) is 59.1 Å². The Bertz CT molecular complexity index is 133. The molecule has 4 heteroatoms. The van der Waals surface area contributed by atoms with Crippen LogP contribution in [0, 0.1) is 0 Å². The van der Waals surface area contributed by atoms with Gasteiger partial charge >= 0.3 is 6.18 Å². The molecule has 0 saturated carbocycles. The summed E-state index contributed by atoms with van der Waals surface area (Å²) in [6, 6.07) is 0. The molecule has 86 valence electrons. The molecule has 0 aromatic rings. The molecule has 0 N–H and O–H groups in total. The maximum atomic E-state index is 10.8. The first-order chi connectivity index (χ1) is 6.37. The molecule has 0 radical (unpaired) electrons. The largest absolute Gasteiger partial charge is 0.388 e. The van der Waals surface area contributed by atoms with Crippen LogP contribution in [0.1, 0.15) is 52.9 Å². The van der Waals surface area contributed by atoms with Crippen LogP contribution in [0.5, 0.6) is 0 Å². The molecule has 0 heterocycles. The molecular formula is C10H19F3O. The highest BCUT2D eigenvalue weighted by atomic mass is 19.4. The van der Waals surface area contributed by atoms with Crippen LogP contribution in [0.3, 0.4) is 0 Å². The van der Waals surface area contributed by atoms with Crippen molar-refractivity contribution >= 4 is 5.78 Å². The summed E-state index contributed by atoms with van der Waals surface area (Å²) >= 11 is 0. The summed E-state index contributed by atoms with van der Waals surface area (Å²) in [6.07, 6.45) is -1.15. The fourth-order valence-corrected chi connectivity index (χ4v) is 0.683. The molecule has 0 amide bonds. The Morgan fingerprint density at radius 3 is 1.43 bits per heavy atom. The number of hydrogen-bond acceptors (Lipinski definition) is 1. The Kier molecular flexibility index (Phi) is 10.3. The molecule has 0 atom stereocenters. The third-order valence-electron chi connectivity index (χ3n) is 1.46. The van der Waals surface area contributed by atoms with E-state index in [1.165, 1.54) is 0 Å². The molecule has 0 aromatic carbocycles. The predicted octanol–water partition coefficient (Wildman–Crippen LogP) is 4.11. The molecule has 0 aliphatic carbocycles. The van der Waals surface area contributed by atoms with Crippen LogP contribution in [0.4, 0.5) is 13.2 Å². The second-order valence-electron chi connectivity index (χ2n) is 3.01. The fourth-order valence-electron chi connectivity index (χ4n) is 0.683. The number of Topliss-reactive ketones (excluding diaryl/α,β-unsaturated/α-hetero) is 1. The summed E-state index contributed by atoms with van der Waals surface area (Å²) in [4.78, 5) is 10.6. The topological polar surface area (TPSA) is 17.1 Å². The smallest absolute Gasteiger partial charge is 0.300 e. The highest BCUT2D eigenvalue weighted by molar-refractivity contribution is 5.78. The van der Waals surface area contributed by atoms with E-state index in [1.54, 1.807) is 0 Å². The molecule has 0 unspecified atom stereocenters. The zero-order valence-electron chi connectivity index (χ0n) is 9.08. The van der Waals surface area contributed by atoms with Crippen molar-refractivity contribution in [3.63, 3.8) is 0 Å². The minimum absolute atomic E-state index is 0.412. The molecular weight excluding hydrogens is 193 g/mol. The van der Waals surface area contributed by atoms with Crippen LogP contribution in [-0.2, 0) is 4.79 Å². The molecule has 14 heavy (non-hydrogen) atoms. The number of alkyl halides is 3. The highest BCUT2D eigenvalue weighted by Crippen LogP contribution is 2.17. The number of ketones is 1. The first kappa shape index (κ1) is 15.9. The molecule has 0 spiro atoms. The molecule has 0 saturated heterocycles. The summed E-state index contributed by atoms with van der Waals surface area (Å²) in [7, 11) is 0. The van der Waals surface area contributed by atoms with Crippen LogP contribution in [0.25, 0.3) is 0 Å². The Balaban J connectivity index is 0. The third-order valence-corrected chi connectivity index (χ3v) is 1.46. The fraction of sp³-hybridized carbons (Fsp3) is 0.900. The van der Waals surface area contributed by atoms with Crippen LogP contribution >= 0.6 is 0 Å². The third kappa shape index (κ3) is 17.5. The van der Waals surface area contributed by atoms with Crippen molar-refractivity contribution in [1.82, 2.24) is 0 Å². The second kappa shape index (κ2) is 9.03. The number of rotatable bonds is 4.